The first-order valence-electron chi connectivity index (χ1n) is 8.81. The van der Waals surface area contributed by atoms with Crippen molar-refractivity contribution in [1.82, 2.24) is 4.90 Å². The van der Waals surface area contributed by atoms with Gasteiger partial charge in [-0.05, 0) is 30.3 Å². The first-order valence-corrected chi connectivity index (χ1v) is 9.18. The van der Waals surface area contributed by atoms with Crippen LogP contribution in [0, 0.1) is 0 Å². The number of rotatable bonds is 5. The van der Waals surface area contributed by atoms with Crippen LogP contribution in [0.2, 0.25) is 5.02 Å². The predicted molar refractivity (Wildman–Crippen MR) is 109 cm³/mol. The molecular formula is C21H23ClN2O3. The summed E-state index contributed by atoms with van der Waals surface area (Å²) in [7, 11) is 3.21. The Morgan fingerprint density at radius 1 is 1.04 bits per heavy atom. The molecular weight excluding hydrogens is 364 g/mol. The number of hydrogen-bond donors (Lipinski definition) is 0. The number of nitrogens with zero attached hydrogens (tertiary/aromatic N) is 2. The lowest BCUT2D eigenvalue weighted by Crippen LogP contribution is -2.48. The van der Waals surface area contributed by atoms with Crippen molar-refractivity contribution in [3.8, 4) is 11.5 Å². The van der Waals surface area contributed by atoms with Crippen LogP contribution in [0.25, 0.3) is 6.08 Å². The fourth-order valence-corrected chi connectivity index (χ4v) is 3.35. The molecule has 0 spiro atoms. The van der Waals surface area contributed by atoms with Crippen molar-refractivity contribution < 1.29 is 14.3 Å². The highest BCUT2D eigenvalue weighted by Crippen LogP contribution is 2.27. The number of piperazine rings is 1. The van der Waals surface area contributed by atoms with Gasteiger partial charge < -0.3 is 19.3 Å². The Labute approximate surface area is 164 Å². The number of carbonyl (C=O) groups is 1. The lowest BCUT2D eigenvalue weighted by Gasteiger charge is -2.36. The summed E-state index contributed by atoms with van der Waals surface area (Å²) in [6.45, 7) is 2.84. The molecule has 1 amide bonds. The van der Waals surface area contributed by atoms with Crippen molar-refractivity contribution in [2.75, 3.05) is 45.3 Å². The van der Waals surface area contributed by atoms with E-state index in [1.165, 1.54) is 0 Å². The van der Waals surface area contributed by atoms with Crippen LogP contribution in [-0.4, -0.2) is 51.2 Å². The molecule has 0 unspecified atom stereocenters. The van der Waals surface area contributed by atoms with Crippen LogP contribution in [-0.2, 0) is 4.79 Å². The summed E-state index contributed by atoms with van der Waals surface area (Å²) in [5.41, 5.74) is 1.85. The zero-order valence-corrected chi connectivity index (χ0v) is 16.3. The van der Waals surface area contributed by atoms with Crippen LogP contribution in [0.5, 0.6) is 11.5 Å². The Morgan fingerprint density at radius 3 is 2.44 bits per heavy atom. The molecule has 2 aromatic carbocycles. The second-order valence-electron chi connectivity index (χ2n) is 6.20. The molecule has 2 aromatic rings. The minimum Gasteiger partial charge on any atom is -0.497 e. The maximum Gasteiger partial charge on any atom is 0.246 e. The molecule has 1 saturated heterocycles. The summed E-state index contributed by atoms with van der Waals surface area (Å²) in [5, 5.41) is 0.740. The van der Waals surface area contributed by atoms with E-state index in [2.05, 4.69) is 4.90 Å². The minimum atomic E-state index is -0.00770. The third-order valence-electron chi connectivity index (χ3n) is 4.63. The maximum atomic E-state index is 12.5. The zero-order valence-electron chi connectivity index (χ0n) is 15.5. The van der Waals surface area contributed by atoms with E-state index in [-0.39, 0.29) is 5.91 Å². The molecule has 1 aliphatic heterocycles. The molecule has 6 heteroatoms. The van der Waals surface area contributed by atoms with Crippen molar-refractivity contribution in [3.05, 3.63) is 59.1 Å². The lowest BCUT2D eigenvalue weighted by molar-refractivity contribution is -0.126. The summed E-state index contributed by atoms with van der Waals surface area (Å²) >= 11 is 6.27. The topological polar surface area (TPSA) is 42.0 Å². The van der Waals surface area contributed by atoms with E-state index in [9.17, 15) is 4.79 Å². The van der Waals surface area contributed by atoms with E-state index in [0.29, 0.717) is 24.6 Å². The van der Waals surface area contributed by atoms with E-state index < -0.39 is 0 Å². The van der Waals surface area contributed by atoms with Gasteiger partial charge in [-0.1, -0.05) is 23.7 Å². The second kappa shape index (κ2) is 8.82. The summed E-state index contributed by atoms with van der Waals surface area (Å²) in [5.74, 6) is 1.37. The number of anilines is 1. The van der Waals surface area contributed by atoms with E-state index in [4.69, 9.17) is 21.1 Å². The number of methoxy groups -OCH3 is 2. The first kappa shape index (κ1) is 19.1. The van der Waals surface area contributed by atoms with Gasteiger partial charge in [-0.25, -0.2) is 0 Å². The Bertz CT molecular complexity index is 830. The third-order valence-corrected chi connectivity index (χ3v) is 4.95. The highest BCUT2D eigenvalue weighted by atomic mass is 35.5. The average Bonchev–Trinajstić information content (AvgIpc) is 2.72. The Morgan fingerprint density at radius 2 is 1.78 bits per heavy atom. The van der Waals surface area contributed by atoms with Gasteiger partial charge in [0.25, 0.3) is 0 Å². The number of carbonyl (C=O) groups excluding carboxylic acids is 1. The van der Waals surface area contributed by atoms with Crippen LogP contribution in [0.3, 0.4) is 0 Å². The minimum absolute atomic E-state index is 0.00770. The predicted octanol–water partition coefficient (Wildman–Crippen LogP) is 3.72. The number of para-hydroxylation sites is 1. The van der Waals surface area contributed by atoms with Crippen LogP contribution < -0.4 is 14.4 Å². The van der Waals surface area contributed by atoms with Crippen molar-refractivity contribution in [2.45, 2.75) is 0 Å². The monoisotopic (exact) mass is 386 g/mol. The molecule has 0 bridgehead atoms. The fourth-order valence-electron chi connectivity index (χ4n) is 3.10. The summed E-state index contributed by atoms with van der Waals surface area (Å²) in [6.07, 6.45) is 3.37. The van der Waals surface area contributed by atoms with Gasteiger partial charge in [-0.15, -0.1) is 0 Å². The van der Waals surface area contributed by atoms with Gasteiger partial charge in [0.05, 0.1) is 24.9 Å². The summed E-state index contributed by atoms with van der Waals surface area (Å²) in [4.78, 5) is 16.6. The lowest BCUT2D eigenvalue weighted by atomic mass is 10.1. The molecule has 0 atom stereocenters. The molecule has 0 N–H and O–H groups in total. The third kappa shape index (κ3) is 4.55. The number of halogens is 1. The van der Waals surface area contributed by atoms with Crippen LogP contribution in [0.1, 0.15) is 5.56 Å². The SMILES string of the molecule is COc1ccc(/C=C/C(=O)N2CCN(c3ccccc3Cl)CC2)c(OC)c1. The summed E-state index contributed by atoms with van der Waals surface area (Å²) in [6, 6.07) is 13.3. The molecule has 5 nitrogen and oxygen atoms in total. The smallest absolute Gasteiger partial charge is 0.246 e. The van der Waals surface area contributed by atoms with Gasteiger partial charge in [0, 0.05) is 43.9 Å². The second-order valence-corrected chi connectivity index (χ2v) is 6.61. The van der Waals surface area contributed by atoms with Gasteiger partial charge >= 0.3 is 0 Å². The number of amides is 1. The Hall–Kier alpha value is -2.66. The number of ether oxygens (including phenoxy) is 2. The van der Waals surface area contributed by atoms with E-state index in [1.54, 1.807) is 32.4 Å². The zero-order chi connectivity index (χ0) is 19.2. The molecule has 1 aliphatic rings. The Balaban J connectivity index is 1.61. The van der Waals surface area contributed by atoms with Crippen LogP contribution in [0.4, 0.5) is 5.69 Å². The van der Waals surface area contributed by atoms with E-state index in [0.717, 1.165) is 29.4 Å². The average molecular weight is 387 g/mol. The summed E-state index contributed by atoms with van der Waals surface area (Å²) < 4.78 is 10.6. The first-order chi connectivity index (χ1) is 13.1. The molecule has 1 heterocycles. The van der Waals surface area contributed by atoms with Gasteiger partial charge in [0.2, 0.25) is 5.91 Å². The van der Waals surface area contributed by atoms with Gasteiger partial charge in [-0.3, -0.25) is 4.79 Å². The van der Waals surface area contributed by atoms with Gasteiger partial charge in [-0.2, -0.15) is 0 Å². The van der Waals surface area contributed by atoms with Gasteiger partial charge in [0.15, 0.2) is 0 Å². The molecule has 0 aromatic heterocycles. The highest BCUT2D eigenvalue weighted by Gasteiger charge is 2.21. The molecule has 0 saturated carbocycles. The molecule has 3 rings (SSSR count). The van der Waals surface area contributed by atoms with E-state index >= 15 is 0 Å². The van der Waals surface area contributed by atoms with Crippen LogP contribution >= 0.6 is 11.6 Å². The van der Waals surface area contributed by atoms with Crippen molar-refractivity contribution in [2.24, 2.45) is 0 Å². The maximum absolute atomic E-state index is 12.5. The van der Waals surface area contributed by atoms with Crippen molar-refractivity contribution in [1.29, 1.82) is 0 Å². The number of hydrogen-bond acceptors (Lipinski definition) is 4. The van der Waals surface area contributed by atoms with Crippen molar-refractivity contribution in [3.63, 3.8) is 0 Å². The quantitative estimate of drug-likeness (QED) is 0.734. The van der Waals surface area contributed by atoms with E-state index in [1.807, 2.05) is 41.3 Å². The standard InChI is InChI=1S/C21H23ClN2O3/c1-26-17-9-7-16(20(15-17)27-2)8-10-21(25)24-13-11-23(12-14-24)19-6-4-3-5-18(19)22/h3-10,15H,11-14H2,1-2H3/b10-8+. The molecule has 27 heavy (non-hydrogen) atoms. The molecule has 142 valence electrons. The molecule has 0 radical (unpaired) electrons. The van der Waals surface area contributed by atoms with Crippen molar-refractivity contribution >= 4 is 29.3 Å². The largest absolute Gasteiger partial charge is 0.497 e. The highest BCUT2D eigenvalue weighted by molar-refractivity contribution is 6.33. The number of benzene rings is 2. The molecule has 1 fully saturated rings. The normalized spacial score (nSPS) is 14.5. The Kier molecular flexibility index (Phi) is 6.24. The fraction of sp³-hybridized carbons (Fsp3) is 0.286. The van der Waals surface area contributed by atoms with Crippen LogP contribution in [0.15, 0.2) is 48.5 Å². The molecule has 0 aliphatic carbocycles. The van der Waals surface area contributed by atoms with Gasteiger partial charge in [0.1, 0.15) is 11.5 Å².